The fraction of sp³-hybridized carbons (Fsp3) is 0.167. The standard InChI is InChI=1S/C18H16N6O2/c1-12-3-5-13(6-4-12)17-20-23-24(21-17)11-16-19-18(26-22-16)14-7-9-15(25-2)10-8-14/h3-10H,11H2,1-2H3. The molecule has 0 bridgehead atoms. The van der Waals surface area contributed by atoms with E-state index in [1.54, 1.807) is 7.11 Å². The molecule has 0 saturated heterocycles. The first-order valence-corrected chi connectivity index (χ1v) is 8.03. The molecule has 130 valence electrons. The molecule has 0 radical (unpaired) electrons. The van der Waals surface area contributed by atoms with Gasteiger partial charge in [0, 0.05) is 11.1 Å². The molecule has 0 unspecified atom stereocenters. The van der Waals surface area contributed by atoms with Gasteiger partial charge in [0.05, 0.1) is 7.11 Å². The molecule has 0 amide bonds. The number of tetrazole rings is 1. The van der Waals surface area contributed by atoms with E-state index in [0.29, 0.717) is 17.5 Å². The molecular formula is C18H16N6O2. The van der Waals surface area contributed by atoms with Gasteiger partial charge in [-0.2, -0.15) is 9.78 Å². The van der Waals surface area contributed by atoms with Crippen LogP contribution in [0.1, 0.15) is 11.4 Å². The number of benzene rings is 2. The van der Waals surface area contributed by atoms with E-state index >= 15 is 0 Å². The fourth-order valence-corrected chi connectivity index (χ4v) is 2.42. The summed E-state index contributed by atoms with van der Waals surface area (Å²) in [7, 11) is 1.62. The minimum Gasteiger partial charge on any atom is -0.497 e. The van der Waals surface area contributed by atoms with Gasteiger partial charge in [-0.05, 0) is 36.4 Å². The van der Waals surface area contributed by atoms with Crippen molar-refractivity contribution < 1.29 is 9.26 Å². The van der Waals surface area contributed by atoms with Crippen LogP contribution >= 0.6 is 0 Å². The highest BCUT2D eigenvalue weighted by molar-refractivity contribution is 5.55. The van der Waals surface area contributed by atoms with Crippen molar-refractivity contribution in [1.82, 2.24) is 30.3 Å². The van der Waals surface area contributed by atoms with Crippen molar-refractivity contribution in [2.24, 2.45) is 0 Å². The van der Waals surface area contributed by atoms with E-state index in [4.69, 9.17) is 9.26 Å². The quantitative estimate of drug-likeness (QED) is 0.547. The highest BCUT2D eigenvalue weighted by Gasteiger charge is 2.12. The summed E-state index contributed by atoms with van der Waals surface area (Å²) in [5.41, 5.74) is 2.91. The summed E-state index contributed by atoms with van der Waals surface area (Å²) in [4.78, 5) is 5.82. The first kappa shape index (κ1) is 15.9. The van der Waals surface area contributed by atoms with Crippen LogP contribution in [-0.2, 0) is 6.54 Å². The first-order valence-electron chi connectivity index (χ1n) is 8.03. The molecular weight excluding hydrogens is 332 g/mol. The lowest BCUT2D eigenvalue weighted by Gasteiger charge is -1.98. The van der Waals surface area contributed by atoms with Gasteiger partial charge < -0.3 is 9.26 Å². The molecule has 4 rings (SSSR count). The second-order valence-corrected chi connectivity index (χ2v) is 5.75. The zero-order chi connectivity index (χ0) is 17.9. The van der Waals surface area contributed by atoms with Crippen molar-refractivity contribution in [1.29, 1.82) is 0 Å². The third-order valence-electron chi connectivity index (χ3n) is 3.85. The van der Waals surface area contributed by atoms with Gasteiger partial charge in [0.15, 0.2) is 5.82 Å². The number of nitrogens with zero attached hydrogens (tertiary/aromatic N) is 6. The smallest absolute Gasteiger partial charge is 0.257 e. The maximum atomic E-state index is 5.31. The molecule has 8 nitrogen and oxygen atoms in total. The lowest BCUT2D eigenvalue weighted by molar-refractivity contribution is 0.412. The zero-order valence-corrected chi connectivity index (χ0v) is 14.3. The van der Waals surface area contributed by atoms with Crippen molar-refractivity contribution in [3.05, 3.63) is 59.9 Å². The van der Waals surface area contributed by atoms with Crippen LogP contribution in [-0.4, -0.2) is 37.5 Å². The second kappa shape index (κ2) is 6.75. The first-order chi connectivity index (χ1) is 12.7. The van der Waals surface area contributed by atoms with Gasteiger partial charge in [0.25, 0.3) is 5.89 Å². The van der Waals surface area contributed by atoms with Gasteiger partial charge in [-0.15, -0.1) is 10.2 Å². The Labute approximate surface area is 149 Å². The lowest BCUT2D eigenvalue weighted by atomic mass is 10.1. The van der Waals surface area contributed by atoms with E-state index in [-0.39, 0.29) is 6.54 Å². The Bertz CT molecular complexity index is 1000. The lowest BCUT2D eigenvalue weighted by Crippen LogP contribution is -2.05. The summed E-state index contributed by atoms with van der Waals surface area (Å²) >= 11 is 0. The highest BCUT2D eigenvalue weighted by Crippen LogP contribution is 2.21. The topological polar surface area (TPSA) is 91.8 Å². The molecule has 0 aliphatic rings. The number of hydrogen-bond donors (Lipinski definition) is 0. The molecule has 4 aromatic rings. The monoisotopic (exact) mass is 348 g/mol. The van der Waals surface area contributed by atoms with Crippen LogP contribution in [0.2, 0.25) is 0 Å². The molecule has 8 heteroatoms. The Morgan fingerprint density at radius 1 is 1.00 bits per heavy atom. The molecule has 0 aliphatic carbocycles. The number of ether oxygens (including phenoxy) is 1. The Morgan fingerprint density at radius 3 is 2.46 bits per heavy atom. The molecule has 0 fully saturated rings. The van der Waals surface area contributed by atoms with Crippen LogP contribution < -0.4 is 4.74 Å². The average Bonchev–Trinajstić information content (AvgIpc) is 3.33. The maximum absolute atomic E-state index is 5.31. The van der Waals surface area contributed by atoms with Gasteiger partial charge >= 0.3 is 0 Å². The third kappa shape index (κ3) is 3.30. The van der Waals surface area contributed by atoms with Crippen LogP contribution in [0.25, 0.3) is 22.8 Å². The summed E-state index contributed by atoms with van der Waals surface area (Å²) < 4.78 is 10.5. The fourth-order valence-electron chi connectivity index (χ4n) is 2.42. The number of aryl methyl sites for hydroxylation is 1. The minimum atomic E-state index is 0.276. The SMILES string of the molecule is COc1ccc(-c2nc(Cn3nnc(-c4ccc(C)cc4)n3)no2)cc1. The van der Waals surface area contributed by atoms with Crippen molar-refractivity contribution in [3.8, 4) is 28.6 Å². The summed E-state index contributed by atoms with van der Waals surface area (Å²) in [6.07, 6.45) is 0. The summed E-state index contributed by atoms with van der Waals surface area (Å²) in [6, 6.07) is 15.4. The highest BCUT2D eigenvalue weighted by atomic mass is 16.5. The average molecular weight is 348 g/mol. The van der Waals surface area contributed by atoms with Crippen LogP contribution in [0.3, 0.4) is 0 Å². The maximum Gasteiger partial charge on any atom is 0.257 e. The second-order valence-electron chi connectivity index (χ2n) is 5.75. The molecule has 0 N–H and O–H groups in total. The third-order valence-corrected chi connectivity index (χ3v) is 3.85. The van der Waals surface area contributed by atoms with Crippen LogP contribution in [0.4, 0.5) is 0 Å². The Balaban J connectivity index is 1.49. The molecule has 0 spiro atoms. The van der Waals surface area contributed by atoms with Crippen LogP contribution in [0.15, 0.2) is 53.1 Å². The summed E-state index contributed by atoms with van der Waals surface area (Å²) in [6.45, 7) is 2.31. The number of methoxy groups -OCH3 is 1. The molecule has 0 atom stereocenters. The predicted molar refractivity (Wildman–Crippen MR) is 93.4 cm³/mol. The van der Waals surface area contributed by atoms with E-state index in [2.05, 4.69) is 25.6 Å². The van der Waals surface area contributed by atoms with Crippen molar-refractivity contribution in [2.45, 2.75) is 13.5 Å². The van der Waals surface area contributed by atoms with Gasteiger partial charge in [-0.25, -0.2) is 0 Å². The van der Waals surface area contributed by atoms with Gasteiger partial charge in [0.1, 0.15) is 12.3 Å². The van der Waals surface area contributed by atoms with Gasteiger partial charge in [0.2, 0.25) is 5.82 Å². The van der Waals surface area contributed by atoms with Crippen molar-refractivity contribution >= 4 is 0 Å². The van der Waals surface area contributed by atoms with E-state index < -0.39 is 0 Å². The largest absolute Gasteiger partial charge is 0.497 e. The van der Waals surface area contributed by atoms with Crippen LogP contribution in [0, 0.1) is 6.92 Å². The number of hydrogen-bond acceptors (Lipinski definition) is 7. The molecule has 2 aromatic heterocycles. The molecule has 2 heterocycles. The van der Waals surface area contributed by atoms with Gasteiger partial charge in [-0.3, -0.25) is 0 Å². The van der Waals surface area contributed by atoms with E-state index in [1.807, 2.05) is 55.5 Å². The zero-order valence-electron chi connectivity index (χ0n) is 14.3. The molecule has 0 aliphatic heterocycles. The van der Waals surface area contributed by atoms with E-state index in [0.717, 1.165) is 16.9 Å². The molecule has 0 saturated carbocycles. The Hall–Kier alpha value is -3.55. The van der Waals surface area contributed by atoms with E-state index in [9.17, 15) is 0 Å². The number of aromatic nitrogens is 6. The Morgan fingerprint density at radius 2 is 1.73 bits per heavy atom. The normalized spacial score (nSPS) is 10.8. The van der Waals surface area contributed by atoms with Crippen LogP contribution in [0.5, 0.6) is 5.75 Å². The van der Waals surface area contributed by atoms with E-state index in [1.165, 1.54) is 10.4 Å². The van der Waals surface area contributed by atoms with Crippen molar-refractivity contribution in [3.63, 3.8) is 0 Å². The number of rotatable bonds is 5. The summed E-state index contributed by atoms with van der Waals surface area (Å²) in [5, 5.41) is 16.5. The summed E-state index contributed by atoms with van der Waals surface area (Å²) in [5.74, 6) is 2.23. The predicted octanol–water partition coefficient (Wildman–Crippen LogP) is 2.76. The molecule has 2 aromatic carbocycles. The minimum absolute atomic E-state index is 0.276. The van der Waals surface area contributed by atoms with Crippen molar-refractivity contribution in [2.75, 3.05) is 7.11 Å². The van der Waals surface area contributed by atoms with Gasteiger partial charge in [-0.1, -0.05) is 35.0 Å². The Kier molecular flexibility index (Phi) is 4.14. The molecule has 26 heavy (non-hydrogen) atoms.